The van der Waals surface area contributed by atoms with Crippen molar-refractivity contribution in [1.29, 1.82) is 0 Å². The first kappa shape index (κ1) is 18.1. The third-order valence-electron chi connectivity index (χ3n) is 4.62. The largest absolute Gasteiger partial charge is 0.481 e. The first-order valence-corrected chi connectivity index (χ1v) is 11.3. The van der Waals surface area contributed by atoms with E-state index in [0.29, 0.717) is 6.42 Å². The molecular formula is C21H21N2O2S2+. The molecule has 4 rings (SSSR count). The van der Waals surface area contributed by atoms with Crippen LogP contribution in [0.2, 0.25) is 0 Å². The smallest absolute Gasteiger partial charge is 0.303 e. The molecule has 138 valence electrons. The number of benzene rings is 2. The number of aryl methyl sites for hydroxylation is 1. The van der Waals surface area contributed by atoms with Gasteiger partial charge in [0.15, 0.2) is 9.86 Å². The van der Waals surface area contributed by atoms with Crippen LogP contribution in [-0.4, -0.2) is 26.4 Å². The van der Waals surface area contributed by atoms with E-state index in [1.165, 1.54) is 15.6 Å². The highest BCUT2D eigenvalue weighted by atomic mass is 32.2. The first-order valence-electron chi connectivity index (χ1n) is 8.91. The Morgan fingerprint density at radius 2 is 2.04 bits per heavy atom. The van der Waals surface area contributed by atoms with Crippen molar-refractivity contribution in [2.24, 2.45) is 0 Å². The lowest BCUT2D eigenvalue weighted by Gasteiger charge is -2.04. The molecule has 2 aromatic carbocycles. The number of aliphatic carboxylic acids is 1. The Labute approximate surface area is 164 Å². The maximum Gasteiger partial charge on any atom is 0.303 e. The predicted molar refractivity (Wildman–Crippen MR) is 114 cm³/mol. The molecule has 0 aliphatic carbocycles. The summed E-state index contributed by atoms with van der Waals surface area (Å²) in [6.07, 6.45) is 0.851. The highest BCUT2D eigenvalue weighted by Crippen LogP contribution is 2.37. The average Bonchev–Trinajstić information content (AvgIpc) is 3.22. The SMILES string of the molecule is Cc1cccc2c1cc[s+]2Cn1c(SCCCC(=O)O)nc2ccccc21. The maximum atomic E-state index is 10.8. The fourth-order valence-electron chi connectivity index (χ4n) is 3.25. The van der Waals surface area contributed by atoms with Gasteiger partial charge in [-0.15, -0.1) is 0 Å². The molecule has 4 aromatic rings. The minimum absolute atomic E-state index is 0.0121. The number of hydrogen-bond donors (Lipinski definition) is 1. The van der Waals surface area contributed by atoms with Crippen LogP contribution >= 0.6 is 22.2 Å². The monoisotopic (exact) mass is 397 g/mol. The third kappa shape index (κ3) is 3.73. The molecule has 4 nitrogen and oxygen atoms in total. The molecule has 0 fully saturated rings. The number of nitrogens with zero attached hydrogens (tertiary/aromatic N) is 2. The summed E-state index contributed by atoms with van der Waals surface area (Å²) in [5.74, 6) is 0.887. The molecule has 1 N–H and O–H groups in total. The number of imidazole rings is 1. The fourth-order valence-corrected chi connectivity index (χ4v) is 6.26. The van der Waals surface area contributed by atoms with Crippen LogP contribution in [0.3, 0.4) is 0 Å². The van der Waals surface area contributed by atoms with Crippen LogP contribution in [0.4, 0.5) is 0 Å². The zero-order valence-electron chi connectivity index (χ0n) is 15.1. The summed E-state index contributed by atoms with van der Waals surface area (Å²) in [5.41, 5.74) is 3.45. The highest BCUT2D eigenvalue weighted by molar-refractivity contribution is 7.99. The van der Waals surface area contributed by atoms with Crippen molar-refractivity contribution in [3.05, 3.63) is 59.5 Å². The van der Waals surface area contributed by atoms with E-state index in [0.717, 1.165) is 27.8 Å². The summed E-state index contributed by atoms with van der Waals surface area (Å²) in [4.78, 5) is 15.6. The van der Waals surface area contributed by atoms with E-state index in [2.05, 4.69) is 47.2 Å². The molecule has 0 bridgehead atoms. The molecule has 1 unspecified atom stereocenters. The van der Waals surface area contributed by atoms with E-state index in [4.69, 9.17) is 10.1 Å². The summed E-state index contributed by atoms with van der Waals surface area (Å²) >= 11 is 1.65. The van der Waals surface area contributed by atoms with E-state index >= 15 is 0 Å². The van der Waals surface area contributed by atoms with Crippen LogP contribution in [0.5, 0.6) is 0 Å². The average molecular weight is 398 g/mol. The van der Waals surface area contributed by atoms with Crippen LogP contribution in [0.15, 0.2) is 59.1 Å². The van der Waals surface area contributed by atoms with Crippen molar-refractivity contribution in [3.8, 4) is 0 Å². The molecule has 27 heavy (non-hydrogen) atoms. The standard InChI is InChI=1S/C21H20N2O2S2/c1-15-6-4-9-19-16(15)11-13-27(19)14-23-18-8-3-2-7-17(18)22-21(23)26-12-5-10-20(24)25/h2-4,6-9,11,13H,5,10,12,14H2,1H3/p+1. The quantitative estimate of drug-likeness (QED) is 0.246. The maximum absolute atomic E-state index is 10.8. The van der Waals surface area contributed by atoms with Gasteiger partial charge in [0.05, 0.1) is 11.0 Å². The number of para-hydroxylation sites is 2. The number of aromatic nitrogens is 2. The number of carboxylic acid groups (broad SMARTS) is 1. The normalized spacial score (nSPS) is 12.1. The van der Waals surface area contributed by atoms with Gasteiger partial charge in [-0.25, -0.2) is 4.98 Å². The first-order chi connectivity index (χ1) is 13.1. The van der Waals surface area contributed by atoms with Crippen molar-refractivity contribution in [2.75, 3.05) is 5.75 Å². The van der Waals surface area contributed by atoms with Gasteiger partial charge in [0.25, 0.3) is 0 Å². The molecule has 0 amide bonds. The van der Waals surface area contributed by atoms with E-state index in [-0.39, 0.29) is 16.9 Å². The van der Waals surface area contributed by atoms with Crippen LogP contribution in [0.1, 0.15) is 18.4 Å². The molecule has 0 spiro atoms. The Bertz CT molecular complexity index is 1110. The third-order valence-corrected chi connectivity index (χ3v) is 7.60. The molecule has 2 aromatic heterocycles. The van der Waals surface area contributed by atoms with Crippen molar-refractivity contribution < 1.29 is 9.90 Å². The number of carbonyl (C=O) groups is 1. The summed E-state index contributed by atoms with van der Waals surface area (Å²) in [5, 5.41) is 13.5. The summed E-state index contributed by atoms with van der Waals surface area (Å²) < 4.78 is 3.70. The number of thiophene rings is 1. The van der Waals surface area contributed by atoms with Gasteiger partial charge in [0, 0.05) is 34.1 Å². The minimum atomic E-state index is -0.742. The summed E-state index contributed by atoms with van der Waals surface area (Å²) in [7, 11) is 0.0121. The van der Waals surface area contributed by atoms with Crippen LogP contribution in [0.25, 0.3) is 21.1 Å². The van der Waals surface area contributed by atoms with E-state index in [9.17, 15) is 4.79 Å². The zero-order chi connectivity index (χ0) is 18.8. The molecule has 0 saturated heterocycles. The predicted octanol–water partition coefficient (Wildman–Crippen LogP) is 5.71. The second-order valence-corrected chi connectivity index (χ2v) is 9.39. The Morgan fingerprint density at radius 1 is 1.19 bits per heavy atom. The lowest BCUT2D eigenvalue weighted by Crippen LogP contribution is -1.99. The lowest BCUT2D eigenvalue weighted by atomic mass is 10.2. The summed E-state index contributed by atoms with van der Waals surface area (Å²) in [6, 6.07) is 17.0. The van der Waals surface area contributed by atoms with Crippen molar-refractivity contribution in [2.45, 2.75) is 30.8 Å². The van der Waals surface area contributed by atoms with Crippen molar-refractivity contribution >= 4 is 49.3 Å². The van der Waals surface area contributed by atoms with Gasteiger partial charge in [-0.2, -0.15) is 0 Å². The number of carboxylic acids is 1. The molecule has 2 heterocycles. The lowest BCUT2D eigenvalue weighted by molar-refractivity contribution is -0.137. The topological polar surface area (TPSA) is 55.1 Å². The fraction of sp³-hybridized carbons (Fsp3) is 0.238. The Morgan fingerprint density at radius 3 is 2.89 bits per heavy atom. The van der Waals surface area contributed by atoms with Gasteiger partial charge in [0.2, 0.25) is 5.88 Å². The van der Waals surface area contributed by atoms with Crippen LogP contribution < -0.4 is 0 Å². The molecule has 0 saturated carbocycles. The molecule has 0 radical (unpaired) electrons. The zero-order valence-corrected chi connectivity index (χ0v) is 16.7. The van der Waals surface area contributed by atoms with E-state index in [1.54, 1.807) is 11.8 Å². The van der Waals surface area contributed by atoms with Gasteiger partial charge in [-0.3, -0.25) is 9.36 Å². The highest BCUT2D eigenvalue weighted by Gasteiger charge is 2.19. The van der Waals surface area contributed by atoms with Gasteiger partial charge in [0.1, 0.15) is 5.38 Å². The van der Waals surface area contributed by atoms with Crippen molar-refractivity contribution in [1.82, 2.24) is 9.55 Å². The Hall–Kier alpha value is -2.31. The van der Waals surface area contributed by atoms with Gasteiger partial charge in [-0.05, 0) is 37.1 Å². The molecular weight excluding hydrogens is 376 g/mol. The molecule has 0 aliphatic rings. The van der Waals surface area contributed by atoms with Crippen molar-refractivity contribution in [3.63, 3.8) is 0 Å². The van der Waals surface area contributed by atoms with Gasteiger partial charge >= 0.3 is 5.97 Å². The minimum Gasteiger partial charge on any atom is -0.481 e. The van der Waals surface area contributed by atoms with Gasteiger partial charge in [-0.1, -0.05) is 36.0 Å². The molecule has 6 heteroatoms. The summed E-state index contributed by atoms with van der Waals surface area (Å²) in [6.45, 7) is 2.16. The number of fused-ring (bicyclic) bond motifs is 2. The Kier molecular flexibility index (Phi) is 5.18. The second kappa shape index (κ2) is 7.74. The molecule has 0 aliphatic heterocycles. The second-order valence-electron chi connectivity index (χ2n) is 6.50. The number of thioether (sulfide) groups is 1. The van der Waals surface area contributed by atoms with E-state index in [1.807, 2.05) is 18.2 Å². The number of hydrogen-bond acceptors (Lipinski definition) is 3. The van der Waals surface area contributed by atoms with Gasteiger partial charge < -0.3 is 5.11 Å². The van der Waals surface area contributed by atoms with Crippen LogP contribution in [0, 0.1) is 6.92 Å². The van der Waals surface area contributed by atoms with E-state index < -0.39 is 5.97 Å². The number of rotatable bonds is 7. The Balaban J connectivity index is 1.67. The van der Waals surface area contributed by atoms with Crippen LogP contribution in [-0.2, 0) is 10.7 Å². The molecule has 1 atom stereocenters.